The van der Waals surface area contributed by atoms with Crippen molar-refractivity contribution in [3.05, 3.63) is 159 Å². The lowest BCUT2D eigenvalue weighted by Gasteiger charge is -2.18. The first-order valence-electron chi connectivity index (χ1n) is 16.7. The van der Waals surface area contributed by atoms with Crippen LogP contribution >= 0.6 is 46.4 Å². The predicted octanol–water partition coefficient (Wildman–Crippen LogP) is 8.53. The second-order valence-electron chi connectivity index (χ2n) is 12.6. The van der Waals surface area contributed by atoms with E-state index >= 15 is 0 Å². The van der Waals surface area contributed by atoms with E-state index in [2.05, 4.69) is 5.32 Å². The first-order valence-corrected chi connectivity index (χ1v) is 18.2. The van der Waals surface area contributed by atoms with E-state index in [1.54, 1.807) is 69.3 Å². The molecule has 0 bridgehead atoms. The topological polar surface area (TPSA) is 165 Å². The van der Waals surface area contributed by atoms with Gasteiger partial charge >= 0.3 is 23.8 Å². The first kappa shape index (κ1) is 47.0. The van der Waals surface area contributed by atoms with E-state index in [0.717, 1.165) is 19.7 Å². The number of carboxylic acids is 2. The number of hydrogen-bond acceptors (Lipinski definition) is 6. The lowest BCUT2D eigenvalue weighted by molar-refractivity contribution is -0.143. The lowest BCUT2D eigenvalue weighted by atomic mass is 9.99. The normalized spacial score (nSPS) is 11.3. The second kappa shape index (κ2) is 19.8. The number of benzene rings is 4. The summed E-state index contributed by atoms with van der Waals surface area (Å²) in [7, 11) is 1.99. The van der Waals surface area contributed by atoms with Gasteiger partial charge in [-0.1, -0.05) is 95.5 Å². The highest BCUT2D eigenvalue weighted by molar-refractivity contribution is 6.69. The Morgan fingerprint density at radius 1 is 0.707 bits per heavy atom. The van der Waals surface area contributed by atoms with Crippen LogP contribution in [0, 0.1) is 20.8 Å². The fraction of sp³-hybridized carbons (Fsp3) is 0.200. The molecular weight excluding hydrogens is 849 g/mol. The van der Waals surface area contributed by atoms with Crippen LogP contribution in [0.2, 0.25) is 15.1 Å². The number of aromatic carboxylic acids is 1. The molecule has 0 spiro atoms. The highest BCUT2D eigenvalue weighted by Gasteiger charge is 2.39. The molecular formula is C40H34Cl4F3N3O8. The maximum absolute atomic E-state index is 13.7. The summed E-state index contributed by atoms with van der Waals surface area (Å²) in [6.45, 7) is 5.16. The van der Waals surface area contributed by atoms with Crippen molar-refractivity contribution in [3.8, 4) is 11.1 Å². The molecule has 1 aromatic heterocycles. The molecule has 306 valence electrons. The average molecular weight is 884 g/mol. The summed E-state index contributed by atoms with van der Waals surface area (Å²) in [6.07, 6.45) is -5.17. The number of nitrogens with one attached hydrogen (secondary N) is 1. The number of amides is 1. The van der Waals surface area contributed by atoms with Crippen molar-refractivity contribution < 1.29 is 42.6 Å². The first-order chi connectivity index (χ1) is 27.0. The van der Waals surface area contributed by atoms with E-state index < -0.39 is 57.8 Å². The van der Waals surface area contributed by atoms with Crippen molar-refractivity contribution in [2.75, 3.05) is 0 Å². The molecule has 0 saturated heterocycles. The van der Waals surface area contributed by atoms with Gasteiger partial charge in [0.2, 0.25) is 0 Å². The molecule has 1 heterocycles. The average Bonchev–Trinajstić information content (AvgIpc) is 3.12. The van der Waals surface area contributed by atoms with Crippen LogP contribution in [0.15, 0.2) is 88.5 Å². The number of carbonyl (C=O) groups excluding carboxylic acids is 2. The van der Waals surface area contributed by atoms with E-state index in [-0.39, 0.29) is 33.2 Å². The molecule has 0 aliphatic rings. The summed E-state index contributed by atoms with van der Waals surface area (Å²) in [4.78, 5) is 70.4. The number of aromatic nitrogens is 2. The van der Waals surface area contributed by atoms with Gasteiger partial charge in [0, 0.05) is 20.5 Å². The van der Waals surface area contributed by atoms with Crippen LogP contribution in [-0.4, -0.2) is 48.5 Å². The number of aryl methyl sites for hydroxylation is 3. The quantitative estimate of drug-likeness (QED) is 0.131. The minimum atomic E-state index is -4.98. The van der Waals surface area contributed by atoms with E-state index in [1.807, 2.05) is 0 Å². The van der Waals surface area contributed by atoms with Crippen molar-refractivity contribution in [2.24, 2.45) is 14.1 Å². The van der Waals surface area contributed by atoms with Gasteiger partial charge in [-0.15, -0.1) is 0 Å². The van der Waals surface area contributed by atoms with Gasteiger partial charge in [-0.25, -0.2) is 14.4 Å². The van der Waals surface area contributed by atoms with Crippen LogP contribution in [0.4, 0.5) is 13.2 Å². The van der Waals surface area contributed by atoms with Crippen LogP contribution in [0.5, 0.6) is 0 Å². The Morgan fingerprint density at radius 3 is 1.52 bits per heavy atom. The Balaban J connectivity index is 0.000000329. The summed E-state index contributed by atoms with van der Waals surface area (Å²) < 4.78 is 42.1. The molecule has 0 aliphatic heterocycles. The molecule has 5 rings (SSSR count). The van der Waals surface area contributed by atoms with Crippen molar-refractivity contribution >= 4 is 69.5 Å². The number of carboxylic acid groups (broad SMARTS) is 2. The molecule has 0 aliphatic carbocycles. The molecule has 3 N–H and O–H groups in total. The molecule has 1 amide bonds. The number of aliphatic carboxylic acids is 1. The minimum absolute atomic E-state index is 0.107. The highest BCUT2D eigenvalue weighted by atomic mass is 35.5. The summed E-state index contributed by atoms with van der Waals surface area (Å²) in [5.74, 6) is -3.00. The Bertz CT molecular complexity index is 2380. The molecule has 11 nitrogen and oxygen atoms in total. The summed E-state index contributed by atoms with van der Waals surface area (Å²) in [5, 5.41) is 21.0. The fourth-order valence-electron chi connectivity index (χ4n) is 5.61. The van der Waals surface area contributed by atoms with Gasteiger partial charge in [-0.2, -0.15) is 13.2 Å². The number of nitrogens with zero attached hydrogens (tertiary/aromatic N) is 2. The second-order valence-corrected chi connectivity index (χ2v) is 14.1. The maximum atomic E-state index is 13.7. The number of rotatable bonds is 8. The van der Waals surface area contributed by atoms with Crippen molar-refractivity contribution in [3.63, 3.8) is 0 Å². The zero-order chi connectivity index (χ0) is 43.8. The number of alkyl halides is 3. The van der Waals surface area contributed by atoms with Crippen molar-refractivity contribution in [1.29, 1.82) is 0 Å². The van der Waals surface area contributed by atoms with E-state index in [9.17, 15) is 47.0 Å². The van der Waals surface area contributed by atoms with Gasteiger partial charge in [0.15, 0.2) is 0 Å². The Kier molecular flexibility index (Phi) is 16.1. The highest BCUT2D eigenvalue weighted by Crippen LogP contribution is 2.34. The molecule has 18 heteroatoms. The molecule has 0 saturated carbocycles. The van der Waals surface area contributed by atoms with E-state index in [0.29, 0.717) is 36.4 Å². The van der Waals surface area contributed by atoms with Gasteiger partial charge in [-0.3, -0.25) is 23.5 Å². The van der Waals surface area contributed by atoms with Crippen LogP contribution in [0.1, 0.15) is 59.0 Å². The summed E-state index contributed by atoms with van der Waals surface area (Å²) in [5.41, 5.74) is -1.33. The van der Waals surface area contributed by atoms with E-state index in [1.165, 1.54) is 30.3 Å². The van der Waals surface area contributed by atoms with Crippen molar-refractivity contribution in [1.82, 2.24) is 14.5 Å². The lowest BCUT2D eigenvalue weighted by Crippen LogP contribution is -2.42. The number of carbonyl (C=O) groups is 4. The van der Waals surface area contributed by atoms with Gasteiger partial charge in [0.1, 0.15) is 11.7 Å². The SMILES string of the molecule is Cc1cccc(Cl)c1C(=O)Cl.Cc1cccc(Cl)c1C(=O)NC(Cc1ccc(-c2c(C(F)(F)F)n(C)c(=O)n(C)c2=O)cc1)C(=O)O.Cc1cccc(Cl)c1C(=O)O. The molecule has 5 aromatic rings. The van der Waals surface area contributed by atoms with Crippen LogP contribution in [-0.2, 0) is 31.5 Å². The molecule has 0 radical (unpaired) electrons. The smallest absolute Gasteiger partial charge is 0.432 e. The van der Waals surface area contributed by atoms with Gasteiger partial charge in [0.25, 0.3) is 16.7 Å². The van der Waals surface area contributed by atoms with Gasteiger partial charge in [0.05, 0.1) is 37.3 Å². The Morgan fingerprint density at radius 2 is 1.16 bits per heavy atom. The maximum Gasteiger partial charge on any atom is 0.432 e. The third-order valence-corrected chi connectivity index (χ3v) is 9.66. The van der Waals surface area contributed by atoms with Crippen LogP contribution < -0.4 is 16.6 Å². The minimum Gasteiger partial charge on any atom is -0.480 e. The fourth-order valence-corrected chi connectivity index (χ4v) is 6.83. The van der Waals surface area contributed by atoms with E-state index in [4.69, 9.17) is 51.5 Å². The predicted molar refractivity (Wildman–Crippen MR) is 216 cm³/mol. The molecule has 4 aromatic carbocycles. The van der Waals surface area contributed by atoms with Gasteiger partial charge < -0.3 is 15.5 Å². The standard InChI is InChI=1S/C24H21ClF3N3O5.C8H6Cl2O.C8H7ClO2/c1-12-5-4-6-15(25)17(12)20(32)29-16(22(34)35)11-13-7-9-14(10-8-13)18-19(24(26,27)28)30(2)23(36)31(3)21(18)33;2*1-5-3-2-4-6(9)7(5)8(10)11/h4-10,16H,11H2,1-3H3,(H,29,32)(H,34,35);2-4H,1H3;2-4H,1H3,(H,10,11). The van der Waals surface area contributed by atoms with Gasteiger partial charge in [-0.05, 0) is 78.4 Å². The van der Waals surface area contributed by atoms with Crippen LogP contribution in [0.25, 0.3) is 11.1 Å². The zero-order valence-electron chi connectivity index (χ0n) is 31.2. The third-order valence-electron chi connectivity index (χ3n) is 8.52. The molecule has 58 heavy (non-hydrogen) atoms. The third kappa shape index (κ3) is 11.4. The number of hydrogen-bond donors (Lipinski definition) is 3. The zero-order valence-corrected chi connectivity index (χ0v) is 34.2. The Labute approximate surface area is 349 Å². The summed E-state index contributed by atoms with van der Waals surface area (Å²) in [6, 6.07) is 18.8. The molecule has 0 fully saturated rings. The largest absolute Gasteiger partial charge is 0.480 e. The molecule has 1 atom stereocenters. The van der Waals surface area contributed by atoms with Crippen LogP contribution in [0.3, 0.4) is 0 Å². The number of halogens is 7. The van der Waals surface area contributed by atoms with Crippen molar-refractivity contribution in [2.45, 2.75) is 39.4 Å². The molecule has 1 unspecified atom stereocenters. The Hall–Kier alpha value is -5.41. The monoisotopic (exact) mass is 881 g/mol. The summed E-state index contributed by atoms with van der Waals surface area (Å²) >= 11 is 22.7.